The van der Waals surface area contributed by atoms with Crippen molar-refractivity contribution >= 4 is 5.97 Å². The number of hydrogen-bond acceptors (Lipinski definition) is 3. The van der Waals surface area contributed by atoms with E-state index in [0.717, 1.165) is 19.2 Å². The lowest BCUT2D eigenvalue weighted by Gasteiger charge is -2.26. The molecule has 0 spiro atoms. The topological polar surface area (TPSA) is 49.8 Å². The van der Waals surface area contributed by atoms with Gasteiger partial charge in [-0.05, 0) is 25.2 Å². The van der Waals surface area contributed by atoms with Crippen molar-refractivity contribution in [1.82, 2.24) is 4.90 Å². The first-order valence-corrected chi connectivity index (χ1v) is 5.49. The van der Waals surface area contributed by atoms with Crippen LogP contribution in [0, 0.1) is 5.82 Å². The first kappa shape index (κ1) is 16.2. The van der Waals surface area contributed by atoms with Crippen LogP contribution in [0.5, 0.6) is 5.75 Å². The molecule has 1 atom stereocenters. The summed E-state index contributed by atoms with van der Waals surface area (Å²) in [7, 11) is 2.22. The van der Waals surface area contributed by atoms with E-state index in [0.29, 0.717) is 4.90 Å². The summed E-state index contributed by atoms with van der Waals surface area (Å²) >= 11 is 0. The molecule has 0 aliphatic heterocycles. The monoisotopic (exact) mass is 295 g/mol. The van der Waals surface area contributed by atoms with Gasteiger partial charge in [0.05, 0.1) is 13.7 Å². The van der Waals surface area contributed by atoms with Crippen LogP contribution in [-0.2, 0) is 4.79 Å². The molecule has 0 radical (unpaired) electrons. The fourth-order valence-electron chi connectivity index (χ4n) is 1.85. The van der Waals surface area contributed by atoms with Crippen molar-refractivity contribution in [2.45, 2.75) is 12.2 Å². The maximum atomic E-state index is 13.2. The van der Waals surface area contributed by atoms with Gasteiger partial charge in [0.1, 0.15) is 17.6 Å². The van der Waals surface area contributed by atoms with Crippen LogP contribution in [0.2, 0.25) is 0 Å². The molecule has 0 saturated carbocycles. The number of ether oxygens (including phenoxy) is 1. The van der Waals surface area contributed by atoms with Crippen molar-refractivity contribution in [3.63, 3.8) is 0 Å². The molecule has 0 aromatic heterocycles. The first-order chi connectivity index (χ1) is 9.15. The molecular weight excluding hydrogens is 282 g/mol. The number of alkyl halides is 3. The van der Waals surface area contributed by atoms with E-state index < -0.39 is 30.5 Å². The molecule has 1 aromatic carbocycles. The molecule has 0 fully saturated rings. The fourth-order valence-corrected chi connectivity index (χ4v) is 1.85. The molecule has 1 unspecified atom stereocenters. The number of benzene rings is 1. The Balaban J connectivity index is 3.20. The number of hydrogen-bond donors (Lipinski definition) is 1. The van der Waals surface area contributed by atoms with Crippen LogP contribution < -0.4 is 4.74 Å². The van der Waals surface area contributed by atoms with Gasteiger partial charge in [0.15, 0.2) is 0 Å². The summed E-state index contributed by atoms with van der Waals surface area (Å²) in [6.07, 6.45) is -4.57. The van der Waals surface area contributed by atoms with Gasteiger partial charge in [-0.3, -0.25) is 9.69 Å². The second-order valence-corrected chi connectivity index (χ2v) is 4.16. The molecule has 0 aliphatic rings. The summed E-state index contributed by atoms with van der Waals surface area (Å²) in [5.74, 6) is -2.28. The van der Waals surface area contributed by atoms with E-state index in [4.69, 9.17) is 9.84 Å². The molecule has 1 aromatic rings. The number of halogens is 4. The summed E-state index contributed by atoms with van der Waals surface area (Å²) in [5.41, 5.74) is -0.174. The molecule has 1 rings (SSSR count). The van der Waals surface area contributed by atoms with Crippen LogP contribution in [0.15, 0.2) is 18.2 Å². The lowest BCUT2D eigenvalue weighted by molar-refractivity contribution is -0.159. The first-order valence-electron chi connectivity index (χ1n) is 5.49. The molecule has 4 nitrogen and oxygen atoms in total. The molecule has 0 amide bonds. The van der Waals surface area contributed by atoms with Gasteiger partial charge in [-0.15, -0.1) is 0 Å². The molecule has 0 bridgehead atoms. The second kappa shape index (κ2) is 6.08. The Labute approximate surface area is 112 Å². The van der Waals surface area contributed by atoms with Crippen molar-refractivity contribution in [3.05, 3.63) is 29.6 Å². The minimum absolute atomic E-state index is 0.00724. The van der Waals surface area contributed by atoms with Gasteiger partial charge in [0.2, 0.25) is 0 Å². The summed E-state index contributed by atoms with van der Waals surface area (Å²) in [4.78, 5) is 11.8. The van der Waals surface area contributed by atoms with Crippen LogP contribution in [-0.4, -0.2) is 42.9 Å². The number of methoxy groups -OCH3 is 1. The van der Waals surface area contributed by atoms with Crippen LogP contribution in [0.3, 0.4) is 0 Å². The van der Waals surface area contributed by atoms with E-state index in [2.05, 4.69) is 0 Å². The normalized spacial score (nSPS) is 13.3. The summed E-state index contributed by atoms with van der Waals surface area (Å²) in [6, 6.07) is 1.39. The third kappa shape index (κ3) is 4.09. The molecule has 20 heavy (non-hydrogen) atoms. The maximum Gasteiger partial charge on any atom is 0.401 e. The predicted molar refractivity (Wildman–Crippen MR) is 62.0 cm³/mol. The minimum Gasteiger partial charge on any atom is -0.496 e. The van der Waals surface area contributed by atoms with Crippen molar-refractivity contribution in [2.24, 2.45) is 0 Å². The van der Waals surface area contributed by atoms with Crippen molar-refractivity contribution in [2.75, 3.05) is 20.7 Å². The van der Waals surface area contributed by atoms with Gasteiger partial charge in [-0.2, -0.15) is 13.2 Å². The number of carbonyl (C=O) groups is 1. The average molecular weight is 295 g/mol. The Morgan fingerprint density at radius 1 is 1.45 bits per heavy atom. The third-order valence-electron chi connectivity index (χ3n) is 2.59. The average Bonchev–Trinajstić information content (AvgIpc) is 2.26. The van der Waals surface area contributed by atoms with Crippen LogP contribution >= 0.6 is 0 Å². The van der Waals surface area contributed by atoms with Gasteiger partial charge in [0.25, 0.3) is 0 Å². The lowest BCUT2D eigenvalue weighted by atomic mass is 10.0. The van der Waals surface area contributed by atoms with Gasteiger partial charge >= 0.3 is 12.1 Å². The Bertz CT molecular complexity index is 490. The van der Waals surface area contributed by atoms with Gasteiger partial charge < -0.3 is 9.84 Å². The number of carboxylic acids is 1. The molecule has 112 valence electrons. The minimum atomic E-state index is -4.57. The smallest absolute Gasteiger partial charge is 0.401 e. The predicted octanol–water partition coefficient (Wildman–Crippen LogP) is 2.45. The summed E-state index contributed by atoms with van der Waals surface area (Å²) < 4.78 is 55.2. The van der Waals surface area contributed by atoms with E-state index in [9.17, 15) is 22.4 Å². The lowest BCUT2D eigenvalue weighted by Crippen LogP contribution is -2.38. The molecule has 1 N–H and O–H groups in total. The third-order valence-corrected chi connectivity index (χ3v) is 2.59. The Hall–Kier alpha value is -1.83. The zero-order valence-corrected chi connectivity index (χ0v) is 10.7. The standard InChI is InChI=1S/C12H13F4NO3/c1-17(6-12(14,15)16)10(11(18)19)8-5-7(13)3-4-9(8)20-2/h3-5,10H,6H2,1-2H3,(H,18,19). The largest absolute Gasteiger partial charge is 0.496 e. The van der Waals surface area contributed by atoms with E-state index in [1.165, 1.54) is 13.2 Å². The highest BCUT2D eigenvalue weighted by Gasteiger charge is 2.36. The van der Waals surface area contributed by atoms with Gasteiger partial charge in [-0.25, -0.2) is 4.39 Å². The number of carboxylic acid groups (broad SMARTS) is 1. The van der Waals surface area contributed by atoms with Crippen LogP contribution in [0.1, 0.15) is 11.6 Å². The van der Waals surface area contributed by atoms with E-state index in [1.807, 2.05) is 0 Å². The van der Waals surface area contributed by atoms with Crippen LogP contribution in [0.25, 0.3) is 0 Å². The molecule has 0 aliphatic carbocycles. The zero-order chi connectivity index (χ0) is 15.5. The fraction of sp³-hybridized carbons (Fsp3) is 0.417. The van der Waals surface area contributed by atoms with E-state index in [-0.39, 0.29) is 11.3 Å². The number of nitrogens with zero attached hydrogens (tertiary/aromatic N) is 1. The molecule has 8 heteroatoms. The number of aliphatic carboxylic acids is 1. The summed E-state index contributed by atoms with van der Waals surface area (Å²) in [5, 5.41) is 9.12. The number of rotatable bonds is 5. The van der Waals surface area contributed by atoms with Crippen molar-refractivity contribution < 1.29 is 32.2 Å². The Kier molecular flexibility index (Phi) is 4.93. The highest BCUT2D eigenvalue weighted by molar-refractivity contribution is 5.76. The van der Waals surface area contributed by atoms with Crippen LogP contribution in [0.4, 0.5) is 17.6 Å². The number of likely N-dealkylation sites (N-methyl/N-ethyl adjacent to an activating group) is 1. The Morgan fingerprint density at radius 3 is 2.50 bits per heavy atom. The highest BCUT2D eigenvalue weighted by Crippen LogP contribution is 2.31. The van der Waals surface area contributed by atoms with Gasteiger partial charge in [0, 0.05) is 5.56 Å². The Morgan fingerprint density at radius 2 is 2.05 bits per heavy atom. The van der Waals surface area contributed by atoms with Crippen molar-refractivity contribution in [1.29, 1.82) is 0 Å². The molecular formula is C12H13F4NO3. The second-order valence-electron chi connectivity index (χ2n) is 4.16. The van der Waals surface area contributed by atoms with E-state index in [1.54, 1.807) is 0 Å². The van der Waals surface area contributed by atoms with E-state index >= 15 is 0 Å². The zero-order valence-electron chi connectivity index (χ0n) is 10.7. The maximum absolute atomic E-state index is 13.2. The van der Waals surface area contributed by atoms with Crippen molar-refractivity contribution in [3.8, 4) is 5.75 Å². The SMILES string of the molecule is COc1ccc(F)cc1C(C(=O)O)N(C)CC(F)(F)F. The van der Waals surface area contributed by atoms with Gasteiger partial charge in [-0.1, -0.05) is 0 Å². The quantitative estimate of drug-likeness (QED) is 0.848. The molecule has 0 heterocycles. The molecule has 0 saturated heterocycles. The summed E-state index contributed by atoms with van der Waals surface area (Å²) in [6.45, 7) is -1.44. The highest BCUT2D eigenvalue weighted by atomic mass is 19.4.